The summed E-state index contributed by atoms with van der Waals surface area (Å²) < 4.78 is 0.686. The molecule has 2 aliphatic rings. The van der Waals surface area contributed by atoms with Crippen molar-refractivity contribution in [1.29, 1.82) is 0 Å². The van der Waals surface area contributed by atoms with Crippen LogP contribution in [0.25, 0.3) is 0 Å². The van der Waals surface area contributed by atoms with E-state index in [1.54, 1.807) is 0 Å². The number of hydrogen-bond acceptors (Lipinski definition) is 2. The molecule has 0 spiro atoms. The topological polar surface area (TPSA) is 37.4 Å². The van der Waals surface area contributed by atoms with Crippen molar-refractivity contribution in [3.8, 4) is 0 Å². The molecule has 0 radical (unpaired) electrons. The molecule has 1 unspecified atom stereocenters. The van der Waals surface area contributed by atoms with Gasteiger partial charge in [-0.25, -0.2) is 0 Å². The number of halogens is 1. The maximum Gasteiger partial charge on any atom is 0.229 e. The summed E-state index contributed by atoms with van der Waals surface area (Å²) in [5, 5.41) is 0. The highest BCUT2D eigenvalue weighted by molar-refractivity contribution is 9.12. The summed E-state index contributed by atoms with van der Waals surface area (Å²) in [6.07, 6.45) is 5.34. The van der Waals surface area contributed by atoms with E-state index in [1.807, 2.05) is 4.90 Å². The molecule has 0 aromatic heterocycles. The number of ketones is 1. The van der Waals surface area contributed by atoms with Crippen LogP contribution in [0.4, 0.5) is 0 Å². The first-order valence-electron chi connectivity index (χ1n) is 6.85. The van der Waals surface area contributed by atoms with Crippen LogP contribution in [0.1, 0.15) is 45.4 Å². The van der Waals surface area contributed by atoms with Gasteiger partial charge in [0.1, 0.15) is 0 Å². The summed E-state index contributed by atoms with van der Waals surface area (Å²) in [7, 11) is 0. The van der Waals surface area contributed by atoms with Gasteiger partial charge < -0.3 is 4.90 Å². The minimum Gasteiger partial charge on any atom is -0.342 e. The summed E-state index contributed by atoms with van der Waals surface area (Å²) in [6, 6.07) is 0. The Hall–Kier alpha value is -0.640. The summed E-state index contributed by atoms with van der Waals surface area (Å²) in [5.41, 5.74) is 1.05. The van der Waals surface area contributed by atoms with Gasteiger partial charge >= 0.3 is 0 Å². The number of likely N-dealkylation sites (tertiary alicyclic amines) is 1. The third kappa shape index (κ3) is 2.68. The van der Waals surface area contributed by atoms with Crippen LogP contribution in [0, 0.1) is 5.92 Å². The smallest absolute Gasteiger partial charge is 0.229 e. The molecule has 4 heteroatoms. The number of amides is 1. The molecule has 1 aliphatic heterocycles. The summed E-state index contributed by atoms with van der Waals surface area (Å²) in [4.78, 5) is 26.1. The predicted molar refractivity (Wildman–Crippen MR) is 74.4 cm³/mol. The Labute approximate surface area is 117 Å². The lowest BCUT2D eigenvalue weighted by molar-refractivity contribution is -0.137. The molecule has 1 fully saturated rings. The van der Waals surface area contributed by atoms with Gasteiger partial charge in [0.15, 0.2) is 5.78 Å². The number of carbonyl (C=O) groups is 2. The molecule has 1 amide bonds. The number of rotatable bonds is 3. The SMILES string of the molecule is CCCN1CCCC(C2=C(Br)C(=O)CCC2)C1=O. The van der Waals surface area contributed by atoms with E-state index < -0.39 is 0 Å². The van der Waals surface area contributed by atoms with Crippen LogP contribution in [0.5, 0.6) is 0 Å². The lowest BCUT2D eigenvalue weighted by Crippen LogP contribution is -2.42. The lowest BCUT2D eigenvalue weighted by Gasteiger charge is -2.34. The second kappa shape index (κ2) is 6.00. The standard InChI is InChI=1S/C14H20BrNO2/c1-2-8-16-9-4-6-11(14(16)18)10-5-3-7-12(17)13(10)15/h11H,2-9H2,1H3. The zero-order valence-electron chi connectivity index (χ0n) is 10.9. The lowest BCUT2D eigenvalue weighted by atomic mass is 9.83. The molecule has 0 aromatic carbocycles. The van der Waals surface area contributed by atoms with E-state index in [9.17, 15) is 9.59 Å². The first-order chi connectivity index (χ1) is 8.65. The van der Waals surface area contributed by atoms with Gasteiger partial charge in [0.05, 0.1) is 10.4 Å². The fourth-order valence-corrected chi connectivity index (χ4v) is 3.59. The van der Waals surface area contributed by atoms with Crippen molar-refractivity contribution in [2.24, 2.45) is 5.92 Å². The Morgan fingerprint density at radius 2 is 2.06 bits per heavy atom. The number of piperidine rings is 1. The molecule has 18 heavy (non-hydrogen) atoms. The molecule has 0 N–H and O–H groups in total. The van der Waals surface area contributed by atoms with E-state index in [2.05, 4.69) is 22.9 Å². The van der Waals surface area contributed by atoms with E-state index in [0.717, 1.165) is 50.8 Å². The number of nitrogens with zero attached hydrogens (tertiary/aromatic N) is 1. The van der Waals surface area contributed by atoms with Gasteiger partial charge in [0, 0.05) is 19.5 Å². The third-order valence-electron chi connectivity index (χ3n) is 3.82. The molecular weight excluding hydrogens is 294 g/mol. The minimum atomic E-state index is -0.0519. The van der Waals surface area contributed by atoms with E-state index in [-0.39, 0.29) is 17.6 Å². The molecule has 0 saturated carbocycles. The number of Topliss-reactive ketones (excluding diaryl/α,β-unsaturated/α-hetero) is 1. The van der Waals surface area contributed by atoms with Crippen molar-refractivity contribution in [2.75, 3.05) is 13.1 Å². The fourth-order valence-electron chi connectivity index (χ4n) is 2.92. The van der Waals surface area contributed by atoms with Gasteiger partial charge in [-0.15, -0.1) is 0 Å². The van der Waals surface area contributed by atoms with E-state index in [1.165, 1.54) is 0 Å². The first-order valence-corrected chi connectivity index (χ1v) is 7.65. The normalized spacial score (nSPS) is 25.9. The Balaban J connectivity index is 2.19. The average molecular weight is 314 g/mol. The average Bonchev–Trinajstić information content (AvgIpc) is 2.36. The highest BCUT2D eigenvalue weighted by atomic mass is 79.9. The maximum absolute atomic E-state index is 12.4. The van der Waals surface area contributed by atoms with Gasteiger partial charge in [0.25, 0.3) is 0 Å². The van der Waals surface area contributed by atoms with Crippen molar-refractivity contribution in [3.63, 3.8) is 0 Å². The van der Waals surface area contributed by atoms with Crippen LogP contribution < -0.4 is 0 Å². The van der Waals surface area contributed by atoms with Crippen molar-refractivity contribution < 1.29 is 9.59 Å². The zero-order valence-corrected chi connectivity index (χ0v) is 12.5. The zero-order chi connectivity index (χ0) is 13.1. The predicted octanol–water partition coefficient (Wildman–Crippen LogP) is 3.04. The molecule has 1 saturated heterocycles. The molecular formula is C14H20BrNO2. The van der Waals surface area contributed by atoms with Crippen LogP contribution in [-0.4, -0.2) is 29.7 Å². The second-order valence-electron chi connectivity index (χ2n) is 5.14. The van der Waals surface area contributed by atoms with E-state index in [0.29, 0.717) is 10.9 Å². The molecule has 1 heterocycles. The molecule has 1 aliphatic carbocycles. The fraction of sp³-hybridized carbons (Fsp3) is 0.714. The van der Waals surface area contributed by atoms with Crippen molar-refractivity contribution in [3.05, 3.63) is 10.1 Å². The van der Waals surface area contributed by atoms with E-state index >= 15 is 0 Å². The van der Waals surface area contributed by atoms with Gasteiger partial charge in [-0.1, -0.05) is 6.92 Å². The molecule has 0 bridgehead atoms. The van der Waals surface area contributed by atoms with E-state index in [4.69, 9.17) is 0 Å². The Morgan fingerprint density at radius 1 is 1.28 bits per heavy atom. The monoisotopic (exact) mass is 313 g/mol. The Bertz CT molecular complexity index is 387. The van der Waals surface area contributed by atoms with Crippen molar-refractivity contribution in [2.45, 2.75) is 45.4 Å². The largest absolute Gasteiger partial charge is 0.342 e. The highest BCUT2D eigenvalue weighted by Crippen LogP contribution is 2.36. The van der Waals surface area contributed by atoms with Crippen LogP contribution in [-0.2, 0) is 9.59 Å². The Kier molecular flexibility index (Phi) is 4.60. The maximum atomic E-state index is 12.4. The van der Waals surface area contributed by atoms with Crippen LogP contribution in [0.2, 0.25) is 0 Å². The summed E-state index contributed by atoms with van der Waals surface area (Å²) >= 11 is 3.40. The minimum absolute atomic E-state index is 0.0519. The molecule has 1 atom stereocenters. The molecule has 3 nitrogen and oxygen atoms in total. The quantitative estimate of drug-likeness (QED) is 0.803. The number of carbonyl (C=O) groups excluding carboxylic acids is 2. The van der Waals surface area contributed by atoms with Gasteiger partial charge in [-0.2, -0.15) is 0 Å². The van der Waals surface area contributed by atoms with Gasteiger partial charge in [-0.05, 0) is 53.6 Å². The van der Waals surface area contributed by atoms with Gasteiger partial charge in [0.2, 0.25) is 5.91 Å². The highest BCUT2D eigenvalue weighted by Gasteiger charge is 2.34. The number of hydrogen-bond donors (Lipinski definition) is 0. The molecule has 2 rings (SSSR count). The summed E-state index contributed by atoms with van der Waals surface area (Å²) in [5.74, 6) is 0.338. The van der Waals surface area contributed by atoms with Crippen molar-refractivity contribution in [1.82, 2.24) is 4.90 Å². The third-order valence-corrected chi connectivity index (χ3v) is 4.77. The summed E-state index contributed by atoms with van der Waals surface area (Å²) in [6.45, 7) is 3.81. The van der Waals surface area contributed by atoms with Crippen molar-refractivity contribution >= 4 is 27.6 Å². The first kappa shape index (κ1) is 13.8. The van der Waals surface area contributed by atoms with Crippen LogP contribution in [0.3, 0.4) is 0 Å². The molecule has 0 aromatic rings. The molecule has 100 valence electrons. The van der Waals surface area contributed by atoms with Gasteiger partial charge in [-0.3, -0.25) is 9.59 Å². The van der Waals surface area contributed by atoms with Crippen LogP contribution >= 0.6 is 15.9 Å². The number of allylic oxidation sites excluding steroid dienone is 1. The second-order valence-corrected chi connectivity index (χ2v) is 5.93. The Morgan fingerprint density at radius 3 is 2.78 bits per heavy atom. The van der Waals surface area contributed by atoms with Crippen LogP contribution in [0.15, 0.2) is 10.1 Å².